The predicted octanol–water partition coefficient (Wildman–Crippen LogP) is 3.05. The highest BCUT2D eigenvalue weighted by Gasteiger charge is 2.24. The van der Waals surface area contributed by atoms with Gasteiger partial charge in [-0.25, -0.2) is 4.68 Å². The van der Waals surface area contributed by atoms with Gasteiger partial charge in [-0.3, -0.25) is 4.79 Å². The lowest BCUT2D eigenvalue weighted by molar-refractivity contribution is -0.118. The van der Waals surface area contributed by atoms with Gasteiger partial charge in [-0.2, -0.15) is 0 Å². The molecule has 3 aromatic carbocycles. The molecule has 1 amide bonds. The maximum atomic E-state index is 13.0. The second kappa shape index (κ2) is 6.52. The first-order chi connectivity index (χ1) is 12.3. The lowest BCUT2D eigenvalue weighted by atomic mass is 10.1. The Labute approximate surface area is 144 Å². The van der Waals surface area contributed by atoms with E-state index in [4.69, 9.17) is 0 Å². The summed E-state index contributed by atoms with van der Waals surface area (Å²) in [5.41, 5.74) is 1.57. The van der Waals surface area contributed by atoms with Crippen molar-refractivity contribution in [3.8, 4) is 0 Å². The highest BCUT2D eigenvalue weighted by molar-refractivity contribution is 6.04. The van der Waals surface area contributed by atoms with Crippen LogP contribution in [0.4, 0.5) is 5.69 Å². The van der Waals surface area contributed by atoms with Crippen molar-refractivity contribution in [2.24, 2.45) is 0 Å². The molecule has 0 radical (unpaired) electrons. The van der Waals surface area contributed by atoms with Gasteiger partial charge in [0, 0.05) is 11.1 Å². The lowest BCUT2D eigenvalue weighted by Crippen LogP contribution is -2.27. The minimum absolute atomic E-state index is 0.199. The summed E-state index contributed by atoms with van der Waals surface area (Å²) in [5, 5.41) is 16.3. The summed E-state index contributed by atoms with van der Waals surface area (Å²) in [7, 11) is 0. The molecular weight excluding hydrogens is 314 g/mol. The van der Waals surface area contributed by atoms with Gasteiger partial charge in [-0.15, -0.1) is 5.10 Å². The van der Waals surface area contributed by atoms with E-state index in [0.717, 1.165) is 22.0 Å². The lowest BCUT2D eigenvalue weighted by Gasteiger charge is -2.17. The van der Waals surface area contributed by atoms with E-state index in [0.29, 0.717) is 0 Å². The van der Waals surface area contributed by atoms with Gasteiger partial charge in [0.15, 0.2) is 6.04 Å². The number of rotatable bonds is 4. The molecule has 122 valence electrons. The van der Waals surface area contributed by atoms with Gasteiger partial charge in [0.05, 0.1) is 0 Å². The van der Waals surface area contributed by atoms with Crippen LogP contribution in [-0.4, -0.2) is 26.1 Å². The van der Waals surface area contributed by atoms with Crippen LogP contribution in [0.1, 0.15) is 11.6 Å². The fraction of sp³-hybridized carbons (Fsp3) is 0.0526. The topological polar surface area (TPSA) is 72.7 Å². The van der Waals surface area contributed by atoms with Crippen molar-refractivity contribution in [3.63, 3.8) is 0 Å². The SMILES string of the molecule is O=C(Nc1cccc2ccccc12)C(c1ccccc1)n1cnnn1. The Kier molecular flexibility index (Phi) is 3.92. The van der Waals surface area contributed by atoms with Crippen molar-refractivity contribution >= 4 is 22.4 Å². The number of aromatic nitrogens is 4. The summed E-state index contributed by atoms with van der Waals surface area (Å²) in [5.74, 6) is -0.199. The first kappa shape index (κ1) is 15.0. The van der Waals surface area contributed by atoms with E-state index in [1.165, 1.54) is 11.0 Å². The number of amides is 1. The fourth-order valence-electron chi connectivity index (χ4n) is 2.88. The molecule has 0 aliphatic rings. The van der Waals surface area contributed by atoms with Crippen molar-refractivity contribution < 1.29 is 4.79 Å². The number of hydrogen-bond donors (Lipinski definition) is 1. The molecule has 0 aliphatic carbocycles. The maximum Gasteiger partial charge on any atom is 0.253 e. The molecule has 1 heterocycles. The Bertz CT molecular complexity index is 993. The molecule has 1 unspecified atom stereocenters. The smallest absolute Gasteiger partial charge is 0.253 e. The normalized spacial score (nSPS) is 12.0. The number of nitrogens with one attached hydrogen (secondary N) is 1. The quantitative estimate of drug-likeness (QED) is 0.624. The van der Waals surface area contributed by atoms with Gasteiger partial charge in [-0.05, 0) is 27.4 Å². The van der Waals surface area contributed by atoms with Crippen molar-refractivity contribution in [3.05, 3.63) is 84.7 Å². The molecule has 6 nitrogen and oxygen atoms in total. The van der Waals surface area contributed by atoms with Crippen LogP contribution >= 0.6 is 0 Å². The first-order valence-electron chi connectivity index (χ1n) is 7.89. The van der Waals surface area contributed by atoms with Gasteiger partial charge >= 0.3 is 0 Å². The number of nitrogens with zero attached hydrogens (tertiary/aromatic N) is 4. The van der Waals surface area contributed by atoms with E-state index in [1.807, 2.05) is 72.8 Å². The molecule has 0 fully saturated rings. The van der Waals surface area contributed by atoms with E-state index in [2.05, 4.69) is 20.8 Å². The Morgan fingerprint density at radius 2 is 1.68 bits per heavy atom. The van der Waals surface area contributed by atoms with Crippen LogP contribution in [0.2, 0.25) is 0 Å². The average Bonchev–Trinajstić information content (AvgIpc) is 3.17. The van der Waals surface area contributed by atoms with Crippen molar-refractivity contribution in [2.45, 2.75) is 6.04 Å². The Morgan fingerprint density at radius 3 is 2.48 bits per heavy atom. The third-order valence-corrected chi connectivity index (χ3v) is 4.04. The van der Waals surface area contributed by atoms with Gasteiger partial charge in [-0.1, -0.05) is 66.7 Å². The van der Waals surface area contributed by atoms with Crippen LogP contribution in [0.25, 0.3) is 10.8 Å². The Balaban J connectivity index is 1.72. The minimum Gasteiger partial charge on any atom is -0.323 e. The predicted molar refractivity (Wildman–Crippen MR) is 95.0 cm³/mol. The van der Waals surface area contributed by atoms with E-state index >= 15 is 0 Å². The molecule has 25 heavy (non-hydrogen) atoms. The zero-order valence-electron chi connectivity index (χ0n) is 13.3. The molecule has 1 aromatic heterocycles. The van der Waals surface area contributed by atoms with Crippen LogP contribution < -0.4 is 5.32 Å². The highest BCUT2D eigenvalue weighted by atomic mass is 16.2. The third-order valence-electron chi connectivity index (χ3n) is 4.04. The van der Waals surface area contributed by atoms with Gasteiger partial charge in [0.25, 0.3) is 5.91 Å². The van der Waals surface area contributed by atoms with Crippen LogP contribution in [0.3, 0.4) is 0 Å². The molecule has 1 N–H and O–H groups in total. The monoisotopic (exact) mass is 329 g/mol. The number of anilines is 1. The largest absolute Gasteiger partial charge is 0.323 e. The number of hydrogen-bond acceptors (Lipinski definition) is 4. The molecule has 4 aromatic rings. The summed E-state index contributed by atoms with van der Waals surface area (Å²) in [6, 6.07) is 22.6. The number of benzene rings is 3. The third kappa shape index (κ3) is 2.97. The minimum atomic E-state index is -0.643. The zero-order chi connectivity index (χ0) is 17.1. The van der Waals surface area contributed by atoms with Crippen LogP contribution in [0, 0.1) is 0 Å². The summed E-state index contributed by atoms with van der Waals surface area (Å²) < 4.78 is 1.45. The highest BCUT2D eigenvalue weighted by Crippen LogP contribution is 2.25. The Hall–Kier alpha value is -3.54. The van der Waals surface area contributed by atoms with Crippen LogP contribution in [-0.2, 0) is 4.79 Å². The van der Waals surface area contributed by atoms with E-state index in [9.17, 15) is 4.79 Å². The molecule has 0 spiro atoms. The second-order valence-corrected chi connectivity index (χ2v) is 5.62. The summed E-state index contributed by atoms with van der Waals surface area (Å²) in [6.07, 6.45) is 1.44. The van der Waals surface area contributed by atoms with Gasteiger partial charge in [0.2, 0.25) is 0 Å². The zero-order valence-corrected chi connectivity index (χ0v) is 13.3. The molecule has 4 rings (SSSR count). The van der Waals surface area contributed by atoms with Crippen molar-refractivity contribution in [2.75, 3.05) is 5.32 Å². The second-order valence-electron chi connectivity index (χ2n) is 5.62. The number of tetrazole rings is 1. The molecule has 1 atom stereocenters. The molecule has 0 saturated heterocycles. The van der Waals surface area contributed by atoms with Crippen molar-refractivity contribution in [1.29, 1.82) is 0 Å². The van der Waals surface area contributed by atoms with Crippen LogP contribution in [0.15, 0.2) is 79.1 Å². The average molecular weight is 329 g/mol. The summed E-state index contributed by atoms with van der Waals surface area (Å²) in [6.45, 7) is 0. The van der Waals surface area contributed by atoms with Crippen LogP contribution in [0.5, 0.6) is 0 Å². The molecule has 0 saturated carbocycles. The summed E-state index contributed by atoms with van der Waals surface area (Å²) >= 11 is 0. The van der Waals surface area contributed by atoms with Gasteiger partial charge in [0.1, 0.15) is 6.33 Å². The summed E-state index contributed by atoms with van der Waals surface area (Å²) in [4.78, 5) is 13.0. The van der Waals surface area contributed by atoms with E-state index < -0.39 is 6.04 Å². The number of fused-ring (bicyclic) bond motifs is 1. The Morgan fingerprint density at radius 1 is 0.920 bits per heavy atom. The van der Waals surface area contributed by atoms with E-state index in [1.54, 1.807) is 0 Å². The number of carbonyl (C=O) groups is 1. The number of carbonyl (C=O) groups excluding carboxylic acids is 1. The van der Waals surface area contributed by atoms with Crippen molar-refractivity contribution in [1.82, 2.24) is 20.2 Å². The fourth-order valence-corrected chi connectivity index (χ4v) is 2.88. The molecule has 6 heteroatoms. The van der Waals surface area contributed by atoms with E-state index in [-0.39, 0.29) is 5.91 Å². The molecule has 0 aliphatic heterocycles. The molecular formula is C19H15N5O. The maximum absolute atomic E-state index is 13.0. The first-order valence-corrected chi connectivity index (χ1v) is 7.89. The standard InChI is InChI=1S/C19H15N5O/c25-19(21-17-12-6-10-14-7-4-5-11-16(14)17)18(24-13-20-22-23-24)15-8-2-1-3-9-15/h1-13,18H,(H,21,25). The molecule has 0 bridgehead atoms. The van der Waals surface area contributed by atoms with Gasteiger partial charge < -0.3 is 5.32 Å².